The average molecular weight is 367 g/mol. The molecule has 1 aliphatic rings. The Labute approximate surface area is 164 Å². The Morgan fingerprint density at radius 3 is 2.19 bits per heavy atom. The van der Waals surface area contributed by atoms with Crippen LogP contribution in [0, 0.1) is 27.7 Å². The summed E-state index contributed by atoms with van der Waals surface area (Å²) in [5.41, 5.74) is 7.17. The SMILES string of the molecule is CCC(CC)N1CC(C)(C)c2c1cc(C)nc2Oc1c(C)cc(C)cc1C. The van der Waals surface area contributed by atoms with Crippen LogP contribution in [-0.2, 0) is 5.41 Å². The van der Waals surface area contributed by atoms with E-state index in [0.29, 0.717) is 6.04 Å². The van der Waals surface area contributed by atoms with Crippen molar-refractivity contribution in [2.75, 3.05) is 11.4 Å². The van der Waals surface area contributed by atoms with Gasteiger partial charge in [-0.2, -0.15) is 0 Å². The third-order valence-electron chi connectivity index (χ3n) is 5.83. The van der Waals surface area contributed by atoms with Gasteiger partial charge in [-0.1, -0.05) is 45.4 Å². The van der Waals surface area contributed by atoms with E-state index in [1.54, 1.807) is 0 Å². The van der Waals surface area contributed by atoms with Crippen molar-refractivity contribution in [1.82, 2.24) is 4.98 Å². The number of fused-ring (bicyclic) bond motifs is 1. The highest BCUT2D eigenvalue weighted by molar-refractivity contribution is 5.67. The summed E-state index contributed by atoms with van der Waals surface area (Å²) >= 11 is 0. The molecule has 0 radical (unpaired) electrons. The van der Waals surface area contributed by atoms with Crippen LogP contribution in [0.4, 0.5) is 5.69 Å². The van der Waals surface area contributed by atoms with E-state index in [2.05, 4.69) is 78.5 Å². The summed E-state index contributed by atoms with van der Waals surface area (Å²) in [5, 5.41) is 0. The number of aryl methyl sites for hydroxylation is 4. The normalized spacial score (nSPS) is 15.4. The van der Waals surface area contributed by atoms with Crippen molar-refractivity contribution in [2.24, 2.45) is 0 Å². The first kappa shape index (κ1) is 19.7. The zero-order valence-corrected chi connectivity index (χ0v) is 18.2. The van der Waals surface area contributed by atoms with Crippen LogP contribution in [0.25, 0.3) is 0 Å². The number of pyridine rings is 1. The summed E-state index contributed by atoms with van der Waals surface area (Å²) in [7, 11) is 0. The average Bonchev–Trinajstić information content (AvgIpc) is 2.83. The molecule has 0 amide bonds. The lowest BCUT2D eigenvalue weighted by atomic mass is 9.87. The molecule has 27 heavy (non-hydrogen) atoms. The Balaban J connectivity index is 2.13. The van der Waals surface area contributed by atoms with Crippen molar-refractivity contribution in [3.05, 3.63) is 46.1 Å². The van der Waals surface area contributed by atoms with Crippen LogP contribution in [0.2, 0.25) is 0 Å². The Morgan fingerprint density at radius 2 is 1.63 bits per heavy atom. The summed E-state index contributed by atoms with van der Waals surface area (Å²) in [5.74, 6) is 1.72. The first-order valence-electron chi connectivity index (χ1n) is 10.2. The highest BCUT2D eigenvalue weighted by Crippen LogP contribution is 2.48. The fourth-order valence-electron chi connectivity index (χ4n) is 4.63. The molecule has 0 saturated carbocycles. The number of hydrogen-bond acceptors (Lipinski definition) is 3. The quantitative estimate of drug-likeness (QED) is 0.613. The maximum Gasteiger partial charge on any atom is 0.225 e. The molecule has 3 heteroatoms. The van der Waals surface area contributed by atoms with E-state index < -0.39 is 0 Å². The topological polar surface area (TPSA) is 25.4 Å². The molecule has 0 aliphatic carbocycles. The molecule has 0 saturated heterocycles. The maximum absolute atomic E-state index is 6.51. The number of nitrogens with zero attached hydrogens (tertiary/aromatic N) is 2. The molecular weight excluding hydrogens is 332 g/mol. The minimum Gasteiger partial charge on any atom is -0.438 e. The van der Waals surface area contributed by atoms with Gasteiger partial charge in [-0.25, -0.2) is 4.98 Å². The number of benzene rings is 1. The van der Waals surface area contributed by atoms with Crippen LogP contribution < -0.4 is 9.64 Å². The van der Waals surface area contributed by atoms with Gasteiger partial charge in [0.05, 0.1) is 0 Å². The minimum atomic E-state index is 0.0143. The number of rotatable bonds is 5. The number of ether oxygens (including phenoxy) is 1. The Morgan fingerprint density at radius 1 is 1.04 bits per heavy atom. The van der Waals surface area contributed by atoms with Crippen molar-refractivity contribution in [2.45, 2.75) is 79.7 Å². The Bertz CT molecular complexity index is 827. The third kappa shape index (κ3) is 3.56. The summed E-state index contributed by atoms with van der Waals surface area (Å²) in [6.07, 6.45) is 2.31. The van der Waals surface area contributed by atoms with Crippen LogP contribution in [0.5, 0.6) is 11.6 Å². The third-order valence-corrected chi connectivity index (χ3v) is 5.83. The highest BCUT2D eigenvalue weighted by Gasteiger charge is 2.41. The Kier molecular flexibility index (Phi) is 5.24. The molecule has 0 unspecified atom stereocenters. The van der Waals surface area contributed by atoms with Crippen molar-refractivity contribution in [1.29, 1.82) is 0 Å². The first-order valence-corrected chi connectivity index (χ1v) is 10.2. The van der Waals surface area contributed by atoms with Gasteiger partial charge in [0, 0.05) is 34.9 Å². The van der Waals surface area contributed by atoms with Crippen molar-refractivity contribution >= 4 is 5.69 Å². The van der Waals surface area contributed by atoms with E-state index in [1.165, 1.54) is 16.8 Å². The summed E-state index contributed by atoms with van der Waals surface area (Å²) in [6, 6.07) is 7.16. The lowest BCUT2D eigenvalue weighted by Crippen LogP contribution is -2.36. The first-order chi connectivity index (χ1) is 12.7. The Hall–Kier alpha value is -2.03. The minimum absolute atomic E-state index is 0.0143. The molecule has 0 atom stereocenters. The van der Waals surface area contributed by atoms with Gasteiger partial charge in [-0.3, -0.25) is 0 Å². The molecule has 2 heterocycles. The van der Waals surface area contributed by atoms with E-state index in [0.717, 1.165) is 47.8 Å². The smallest absolute Gasteiger partial charge is 0.225 e. The molecule has 1 aromatic heterocycles. The molecule has 0 spiro atoms. The van der Waals surface area contributed by atoms with E-state index in [-0.39, 0.29) is 5.41 Å². The zero-order chi connectivity index (χ0) is 19.9. The largest absolute Gasteiger partial charge is 0.438 e. The van der Waals surface area contributed by atoms with Gasteiger partial charge in [0.15, 0.2) is 0 Å². The van der Waals surface area contributed by atoms with Gasteiger partial charge in [0.2, 0.25) is 5.88 Å². The predicted octanol–water partition coefficient (Wildman–Crippen LogP) is 6.39. The van der Waals surface area contributed by atoms with Gasteiger partial charge in [0.1, 0.15) is 5.75 Å². The molecule has 0 fully saturated rings. The van der Waals surface area contributed by atoms with Gasteiger partial charge in [-0.05, 0) is 57.7 Å². The molecule has 3 rings (SSSR count). The number of hydrogen-bond donors (Lipinski definition) is 0. The van der Waals surface area contributed by atoms with Crippen LogP contribution >= 0.6 is 0 Å². The van der Waals surface area contributed by atoms with E-state index >= 15 is 0 Å². The molecule has 2 aromatic rings. The number of aromatic nitrogens is 1. The molecule has 1 aromatic carbocycles. The molecule has 146 valence electrons. The second kappa shape index (κ2) is 7.18. The van der Waals surface area contributed by atoms with E-state index in [9.17, 15) is 0 Å². The highest BCUT2D eigenvalue weighted by atomic mass is 16.5. The zero-order valence-electron chi connectivity index (χ0n) is 18.2. The monoisotopic (exact) mass is 366 g/mol. The second-order valence-electron chi connectivity index (χ2n) is 8.77. The standard InChI is InChI=1S/C24H34N2O/c1-9-19(10-2)26-14-24(7,8)21-20(26)13-18(6)25-23(21)27-22-16(4)11-15(3)12-17(22)5/h11-13,19H,9-10,14H2,1-8H3. The summed E-state index contributed by atoms with van der Waals surface area (Å²) in [6.45, 7) is 18.6. The molecule has 1 aliphatic heterocycles. The molecule has 0 bridgehead atoms. The van der Waals surface area contributed by atoms with Crippen LogP contribution in [-0.4, -0.2) is 17.6 Å². The second-order valence-corrected chi connectivity index (χ2v) is 8.77. The van der Waals surface area contributed by atoms with Gasteiger partial charge < -0.3 is 9.64 Å². The van der Waals surface area contributed by atoms with Gasteiger partial charge in [-0.15, -0.1) is 0 Å². The fourth-order valence-corrected chi connectivity index (χ4v) is 4.63. The van der Waals surface area contributed by atoms with Crippen LogP contribution in [0.1, 0.15) is 68.5 Å². The maximum atomic E-state index is 6.51. The van der Waals surface area contributed by atoms with E-state index in [4.69, 9.17) is 9.72 Å². The van der Waals surface area contributed by atoms with Crippen LogP contribution in [0.15, 0.2) is 18.2 Å². The van der Waals surface area contributed by atoms with Crippen molar-refractivity contribution in [3.8, 4) is 11.6 Å². The molecule has 3 nitrogen and oxygen atoms in total. The predicted molar refractivity (Wildman–Crippen MR) is 114 cm³/mol. The van der Waals surface area contributed by atoms with Gasteiger partial charge in [0.25, 0.3) is 0 Å². The molecular formula is C24H34N2O. The fraction of sp³-hybridized carbons (Fsp3) is 0.542. The van der Waals surface area contributed by atoms with Crippen molar-refractivity contribution < 1.29 is 4.74 Å². The van der Waals surface area contributed by atoms with E-state index in [1.807, 2.05) is 0 Å². The lowest BCUT2D eigenvalue weighted by molar-refractivity contribution is 0.428. The summed E-state index contributed by atoms with van der Waals surface area (Å²) < 4.78 is 6.51. The number of anilines is 1. The summed E-state index contributed by atoms with van der Waals surface area (Å²) in [4.78, 5) is 7.41. The van der Waals surface area contributed by atoms with Gasteiger partial charge >= 0.3 is 0 Å². The lowest BCUT2D eigenvalue weighted by Gasteiger charge is -2.30. The molecule has 0 N–H and O–H groups in total. The van der Waals surface area contributed by atoms with Crippen molar-refractivity contribution in [3.63, 3.8) is 0 Å². The van der Waals surface area contributed by atoms with Crippen LogP contribution in [0.3, 0.4) is 0 Å².